The van der Waals surface area contributed by atoms with Crippen molar-refractivity contribution in [2.24, 2.45) is 5.84 Å². The molecule has 5 heteroatoms. The third kappa shape index (κ3) is 3.41. The highest BCUT2D eigenvalue weighted by atomic mass is 35.5. The van der Waals surface area contributed by atoms with Gasteiger partial charge in [0.25, 0.3) is 6.43 Å². The van der Waals surface area contributed by atoms with Gasteiger partial charge in [0.15, 0.2) is 0 Å². The van der Waals surface area contributed by atoms with Crippen LogP contribution in [0.3, 0.4) is 0 Å². The lowest BCUT2D eigenvalue weighted by Gasteiger charge is -2.15. The minimum atomic E-state index is -2.51. The first-order valence-electron chi connectivity index (χ1n) is 4.54. The summed E-state index contributed by atoms with van der Waals surface area (Å²) in [5, 5.41) is 0.496. The first-order valence-corrected chi connectivity index (χ1v) is 4.91. The molecule has 0 aliphatic rings. The number of hydrogen-bond acceptors (Lipinski definition) is 2. The number of rotatable bonds is 4. The Balaban J connectivity index is 2.79. The molecular weight excluding hydrogens is 222 g/mol. The highest BCUT2D eigenvalue weighted by Crippen LogP contribution is 2.20. The second-order valence-corrected chi connectivity index (χ2v) is 3.81. The van der Waals surface area contributed by atoms with Crippen LogP contribution in [0.5, 0.6) is 0 Å². The molecule has 0 heterocycles. The highest BCUT2D eigenvalue weighted by molar-refractivity contribution is 6.31. The highest BCUT2D eigenvalue weighted by Gasteiger charge is 2.19. The van der Waals surface area contributed by atoms with E-state index >= 15 is 0 Å². The fourth-order valence-corrected chi connectivity index (χ4v) is 1.59. The number of benzene rings is 1. The van der Waals surface area contributed by atoms with Crippen LogP contribution in [0.2, 0.25) is 5.02 Å². The standard InChI is InChI=1S/C10H13ClF2N2/c1-6-2-3-7(8(11)4-6)5-9(15-14)10(12)13/h2-4,9-10,15H,5,14H2,1H3. The van der Waals surface area contributed by atoms with E-state index < -0.39 is 12.5 Å². The summed E-state index contributed by atoms with van der Waals surface area (Å²) in [6.45, 7) is 1.89. The molecule has 0 saturated heterocycles. The van der Waals surface area contributed by atoms with E-state index in [1.807, 2.05) is 13.0 Å². The van der Waals surface area contributed by atoms with Gasteiger partial charge in [0, 0.05) is 5.02 Å². The molecule has 0 aliphatic carbocycles. The minimum Gasteiger partial charge on any atom is -0.271 e. The van der Waals surface area contributed by atoms with Gasteiger partial charge in [-0.25, -0.2) is 8.78 Å². The average Bonchev–Trinajstić information content (AvgIpc) is 2.16. The van der Waals surface area contributed by atoms with Crippen molar-refractivity contribution in [3.63, 3.8) is 0 Å². The zero-order valence-corrected chi connectivity index (χ0v) is 9.06. The van der Waals surface area contributed by atoms with Crippen LogP contribution < -0.4 is 11.3 Å². The summed E-state index contributed by atoms with van der Waals surface area (Å²) in [6.07, 6.45) is -2.39. The van der Waals surface area contributed by atoms with Crippen molar-refractivity contribution < 1.29 is 8.78 Å². The maximum Gasteiger partial charge on any atom is 0.255 e. The van der Waals surface area contributed by atoms with Crippen LogP contribution in [0.25, 0.3) is 0 Å². The third-order valence-corrected chi connectivity index (χ3v) is 2.52. The Bertz CT molecular complexity index is 331. The van der Waals surface area contributed by atoms with Gasteiger partial charge < -0.3 is 0 Å². The monoisotopic (exact) mass is 234 g/mol. The molecule has 1 unspecified atom stereocenters. The van der Waals surface area contributed by atoms with Crippen LogP contribution in [0, 0.1) is 6.92 Å². The molecule has 1 atom stereocenters. The summed E-state index contributed by atoms with van der Waals surface area (Å²) in [5.41, 5.74) is 3.75. The molecule has 1 rings (SSSR count). The number of hydrazine groups is 1. The van der Waals surface area contributed by atoms with E-state index in [1.165, 1.54) is 0 Å². The number of alkyl halides is 2. The molecule has 0 saturated carbocycles. The van der Waals surface area contributed by atoms with Crippen LogP contribution in [0.1, 0.15) is 11.1 Å². The largest absolute Gasteiger partial charge is 0.271 e. The molecule has 0 amide bonds. The topological polar surface area (TPSA) is 38.0 Å². The zero-order chi connectivity index (χ0) is 11.4. The van der Waals surface area contributed by atoms with E-state index in [0.717, 1.165) is 5.56 Å². The number of nitrogens with two attached hydrogens (primary N) is 1. The van der Waals surface area contributed by atoms with E-state index in [0.29, 0.717) is 10.6 Å². The maximum atomic E-state index is 12.4. The Morgan fingerprint density at radius 2 is 2.13 bits per heavy atom. The van der Waals surface area contributed by atoms with Crippen LogP contribution >= 0.6 is 11.6 Å². The van der Waals surface area contributed by atoms with E-state index in [9.17, 15) is 8.78 Å². The lowest BCUT2D eigenvalue weighted by molar-refractivity contribution is 0.0984. The number of aryl methyl sites for hydroxylation is 1. The van der Waals surface area contributed by atoms with Crippen LogP contribution in [-0.2, 0) is 6.42 Å². The number of hydrogen-bond donors (Lipinski definition) is 2. The van der Waals surface area contributed by atoms with Crippen molar-refractivity contribution in [2.45, 2.75) is 25.8 Å². The Hall–Kier alpha value is -0.710. The van der Waals surface area contributed by atoms with Crippen molar-refractivity contribution in [3.8, 4) is 0 Å². The molecular formula is C10H13ClF2N2. The second-order valence-electron chi connectivity index (χ2n) is 3.41. The fraction of sp³-hybridized carbons (Fsp3) is 0.400. The van der Waals surface area contributed by atoms with E-state index in [2.05, 4.69) is 5.43 Å². The predicted molar refractivity (Wildman–Crippen MR) is 57.0 cm³/mol. The molecule has 0 radical (unpaired) electrons. The first-order chi connectivity index (χ1) is 7.04. The van der Waals surface area contributed by atoms with Crippen LogP contribution in [0.4, 0.5) is 8.78 Å². The van der Waals surface area contributed by atoms with E-state index in [1.54, 1.807) is 12.1 Å². The Morgan fingerprint density at radius 3 is 2.60 bits per heavy atom. The normalized spacial score (nSPS) is 13.2. The number of nitrogens with one attached hydrogen (secondary N) is 1. The number of halogens is 3. The summed E-state index contributed by atoms with van der Waals surface area (Å²) in [7, 11) is 0. The Labute approximate surface area is 92.4 Å². The van der Waals surface area contributed by atoms with Gasteiger partial charge in [-0.15, -0.1) is 0 Å². The van der Waals surface area contributed by atoms with Gasteiger partial charge >= 0.3 is 0 Å². The molecule has 3 N–H and O–H groups in total. The Kier molecular flexibility index (Phi) is 4.45. The summed E-state index contributed by atoms with van der Waals surface area (Å²) in [5.74, 6) is 5.03. The first kappa shape index (κ1) is 12.4. The summed E-state index contributed by atoms with van der Waals surface area (Å²) >= 11 is 5.92. The summed E-state index contributed by atoms with van der Waals surface area (Å²) in [4.78, 5) is 0. The maximum absolute atomic E-state index is 12.4. The molecule has 0 aromatic heterocycles. The molecule has 1 aromatic rings. The van der Waals surface area contributed by atoms with E-state index in [4.69, 9.17) is 17.4 Å². The molecule has 84 valence electrons. The predicted octanol–water partition coefficient (Wildman–Crippen LogP) is 2.29. The van der Waals surface area contributed by atoms with Crippen molar-refractivity contribution >= 4 is 11.6 Å². The molecule has 0 aliphatic heterocycles. The van der Waals surface area contributed by atoms with Crippen molar-refractivity contribution in [2.75, 3.05) is 0 Å². The molecule has 1 aromatic carbocycles. The van der Waals surface area contributed by atoms with Crippen molar-refractivity contribution in [1.82, 2.24) is 5.43 Å². The zero-order valence-electron chi connectivity index (χ0n) is 8.31. The molecule has 15 heavy (non-hydrogen) atoms. The Morgan fingerprint density at radius 1 is 1.47 bits per heavy atom. The summed E-state index contributed by atoms with van der Waals surface area (Å²) in [6, 6.07) is 4.26. The van der Waals surface area contributed by atoms with Crippen LogP contribution in [0.15, 0.2) is 18.2 Å². The average molecular weight is 235 g/mol. The third-order valence-electron chi connectivity index (χ3n) is 2.17. The smallest absolute Gasteiger partial charge is 0.255 e. The molecule has 0 spiro atoms. The van der Waals surface area contributed by atoms with Gasteiger partial charge in [0.2, 0.25) is 0 Å². The van der Waals surface area contributed by atoms with Crippen LogP contribution in [-0.4, -0.2) is 12.5 Å². The van der Waals surface area contributed by atoms with E-state index in [-0.39, 0.29) is 6.42 Å². The molecule has 0 bridgehead atoms. The minimum absolute atomic E-state index is 0.118. The lowest BCUT2D eigenvalue weighted by Crippen LogP contribution is -2.42. The second kappa shape index (κ2) is 5.39. The summed E-state index contributed by atoms with van der Waals surface area (Å²) < 4.78 is 24.8. The van der Waals surface area contributed by atoms with Gasteiger partial charge in [-0.2, -0.15) is 0 Å². The van der Waals surface area contributed by atoms with Gasteiger partial charge in [-0.05, 0) is 30.5 Å². The fourth-order valence-electron chi connectivity index (χ4n) is 1.28. The SMILES string of the molecule is Cc1ccc(CC(NN)C(F)F)c(Cl)c1. The molecule has 2 nitrogen and oxygen atoms in total. The molecule has 0 fully saturated rings. The van der Waals surface area contributed by atoms with Gasteiger partial charge in [-0.3, -0.25) is 11.3 Å². The van der Waals surface area contributed by atoms with Crippen molar-refractivity contribution in [1.29, 1.82) is 0 Å². The van der Waals surface area contributed by atoms with Gasteiger partial charge in [-0.1, -0.05) is 23.7 Å². The van der Waals surface area contributed by atoms with Gasteiger partial charge in [0.1, 0.15) is 0 Å². The van der Waals surface area contributed by atoms with Crippen molar-refractivity contribution in [3.05, 3.63) is 34.3 Å². The van der Waals surface area contributed by atoms with Gasteiger partial charge in [0.05, 0.1) is 6.04 Å². The lowest BCUT2D eigenvalue weighted by atomic mass is 10.1. The quantitative estimate of drug-likeness (QED) is 0.620.